The molecule has 3 rings (SSSR count). The summed E-state index contributed by atoms with van der Waals surface area (Å²) in [5.41, 5.74) is 1.97. The summed E-state index contributed by atoms with van der Waals surface area (Å²) < 4.78 is 1.77. The van der Waals surface area contributed by atoms with E-state index in [4.69, 9.17) is 4.98 Å². The number of nitrogens with one attached hydrogen (secondary N) is 1. The summed E-state index contributed by atoms with van der Waals surface area (Å²) in [5.74, 6) is 0.900. The molecule has 2 atom stereocenters. The van der Waals surface area contributed by atoms with E-state index in [1.807, 2.05) is 32.2 Å². The maximum atomic E-state index is 12.9. The zero-order valence-electron chi connectivity index (χ0n) is 15.9. The first kappa shape index (κ1) is 18.1. The smallest absolute Gasteiger partial charge is 0.261 e. The van der Waals surface area contributed by atoms with Crippen LogP contribution in [-0.4, -0.2) is 40.1 Å². The number of fused-ring (bicyclic) bond motifs is 1. The summed E-state index contributed by atoms with van der Waals surface area (Å²) in [5, 5.41) is 4.27. The molecule has 0 radical (unpaired) electrons. The van der Waals surface area contributed by atoms with Crippen LogP contribution in [0, 0.1) is 6.92 Å². The van der Waals surface area contributed by atoms with Crippen molar-refractivity contribution >= 4 is 10.9 Å². The number of aromatic nitrogens is 2. The highest BCUT2D eigenvalue weighted by Gasteiger charge is 2.26. The van der Waals surface area contributed by atoms with Crippen molar-refractivity contribution in [2.24, 2.45) is 7.05 Å². The molecule has 0 saturated carbocycles. The van der Waals surface area contributed by atoms with Crippen LogP contribution in [0.15, 0.2) is 23.0 Å². The average Bonchev–Trinajstić information content (AvgIpc) is 2.81. The van der Waals surface area contributed by atoms with Crippen molar-refractivity contribution in [3.63, 3.8) is 0 Å². The minimum Gasteiger partial charge on any atom is -0.313 e. The van der Waals surface area contributed by atoms with Crippen LogP contribution in [0.2, 0.25) is 0 Å². The van der Waals surface area contributed by atoms with Crippen LogP contribution in [0.25, 0.3) is 10.9 Å². The van der Waals surface area contributed by atoms with E-state index in [0.29, 0.717) is 11.4 Å². The first-order valence-corrected chi connectivity index (χ1v) is 9.46. The van der Waals surface area contributed by atoms with Crippen molar-refractivity contribution < 1.29 is 0 Å². The molecule has 25 heavy (non-hydrogen) atoms. The van der Waals surface area contributed by atoms with Gasteiger partial charge in [0, 0.05) is 26.2 Å². The summed E-state index contributed by atoms with van der Waals surface area (Å²) in [7, 11) is 1.87. The largest absolute Gasteiger partial charge is 0.313 e. The van der Waals surface area contributed by atoms with Gasteiger partial charge in [0.1, 0.15) is 5.82 Å². The predicted octanol–water partition coefficient (Wildman–Crippen LogP) is 2.77. The molecule has 0 amide bonds. The van der Waals surface area contributed by atoms with Gasteiger partial charge in [0.25, 0.3) is 5.56 Å². The van der Waals surface area contributed by atoms with Gasteiger partial charge in [-0.25, -0.2) is 4.98 Å². The lowest BCUT2D eigenvalue weighted by atomic mass is 10.1. The fourth-order valence-corrected chi connectivity index (χ4v) is 3.87. The van der Waals surface area contributed by atoms with Crippen LogP contribution in [0.5, 0.6) is 0 Å². The molecule has 1 aromatic carbocycles. The fourth-order valence-electron chi connectivity index (χ4n) is 3.87. The van der Waals surface area contributed by atoms with E-state index in [0.717, 1.165) is 55.8 Å². The first-order valence-electron chi connectivity index (χ1n) is 9.46. The van der Waals surface area contributed by atoms with Crippen molar-refractivity contribution in [1.29, 1.82) is 0 Å². The molecule has 1 N–H and O–H groups in total. The molecule has 5 heteroatoms. The summed E-state index contributed by atoms with van der Waals surface area (Å²) in [6.45, 7) is 9.54. The lowest BCUT2D eigenvalue weighted by molar-refractivity contribution is 0.175. The Balaban J connectivity index is 2.08. The molecule has 2 aromatic rings. The third-order valence-corrected chi connectivity index (χ3v) is 5.19. The van der Waals surface area contributed by atoms with E-state index in [-0.39, 0.29) is 11.6 Å². The zero-order chi connectivity index (χ0) is 18.0. The van der Waals surface area contributed by atoms with Crippen LogP contribution in [-0.2, 0) is 7.05 Å². The van der Waals surface area contributed by atoms with Crippen molar-refractivity contribution in [1.82, 2.24) is 19.8 Å². The Morgan fingerprint density at radius 2 is 2.20 bits per heavy atom. The third kappa shape index (κ3) is 3.77. The van der Waals surface area contributed by atoms with Crippen LogP contribution in [0.4, 0.5) is 0 Å². The number of aryl methyl sites for hydroxylation is 1. The predicted molar refractivity (Wildman–Crippen MR) is 103 cm³/mol. The zero-order valence-corrected chi connectivity index (χ0v) is 15.9. The molecular weight excluding hydrogens is 312 g/mol. The third-order valence-electron chi connectivity index (χ3n) is 5.19. The minimum atomic E-state index is 0.0609. The van der Waals surface area contributed by atoms with Crippen LogP contribution >= 0.6 is 0 Å². The standard InChI is InChI=1S/C20H30N4O/c1-5-7-18(24-11-6-10-21-15(3)13-24)19-22-17-9-8-14(2)12-16(17)20(25)23(19)4/h8-9,12,15,18,21H,5-7,10-11,13H2,1-4H3/t15-,18-/m1/s1. The van der Waals surface area contributed by atoms with E-state index < -0.39 is 0 Å². The van der Waals surface area contributed by atoms with Gasteiger partial charge in [-0.2, -0.15) is 0 Å². The molecule has 136 valence electrons. The first-order chi connectivity index (χ1) is 12.0. The lowest BCUT2D eigenvalue weighted by Gasteiger charge is -2.32. The Bertz CT molecular complexity index is 798. The highest BCUT2D eigenvalue weighted by molar-refractivity contribution is 5.78. The maximum absolute atomic E-state index is 12.9. The molecule has 1 fully saturated rings. The molecule has 1 aliphatic heterocycles. The van der Waals surface area contributed by atoms with Gasteiger partial charge in [0.15, 0.2) is 0 Å². The highest BCUT2D eigenvalue weighted by atomic mass is 16.1. The van der Waals surface area contributed by atoms with Crippen molar-refractivity contribution in [3.05, 3.63) is 39.9 Å². The number of nitrogens with zero attached hydrogens (tertiary/aromatic N) is 3. The van der Waals surface area contributed by atoms with Crippen LogP contribution in [0.3, 0.4) is 0 Å². The number of benzene rings is 1. The van der Waals surface area contributed by atoms with Gasteiger partial charge < -0.3 is 5.32 Å². The van der Waals surface area contributed by atoms with E-state index in [9.17, 15) is 4.79 Å². The average molecular weight is 342 g/mol. The molecule has 2 heterocycles. The summed E-state index contributed by atoms with van der Waals surface area (Å²) in [6.07, 6.45) is 3.22. The van der Waals surface area contributed by atoms with Gasteiger partial charge in [0.2, 0.25) is 0 Å². The fraction of sp³-hybridized carbons (Fsp3) is 0.600. The van der Waals surface area contributed by atoms with E-state index in [1.165, 1.54) is 0 Å². The minimum absolute atomic E-state index is 0.0609. The van der Waals surface area contributed by atoms with Gasteiger partial charge in [-0.15, -0.1) is 0 Å². The molecule has 0 bridgehead atoms. The van der Waals surface area contributed by atoms with Gasteiger partial charge >= 0.3 is 0 Å². The molecule has 5 nitrogen and oxygen atoms in total. The normalized spacial score (nSPS) is 20.6. The van der Waals surface area contributed by atoms with Crippen molar-refractivity contribution in [3.8, 4) is 0 Å². The van der Waals surface area contributed by atoms with Crippen LogP contribution < -0.4 is 10.9 Å². The molecule has 0 unspecified atom stereocenters. The van der Waals surface area contributed by atoms with Gasteiger partial charge in [-0.1, -0.05) is 25.0 Å². The second-order valence-electron chi connectivity index (χ2n) is 7.36. The number of hydrogen-bond donors (Lipinski definition) is 1. The summed E-state index contributed by atoms with van der Waals surface area (Å²) >= 11 is 0. The molecule has 1 saturated heterocycles. The molecule has 0 spiro atoms. The van der Waals surface area contributed by atoms with Gasteiger partial charge in [-0.05, 0) is 45.4 Å². The monoisotopic (exact) mass is 342 g/mol. The number of rotatable bonds is 4. The van der Waals surface area contributed by atoms with Gasteiger partial charge in [-0.3, -0.25) is 14.3 Å². The van der Waals surface area contributed by atoms with E-state index in [2.05, 4.69) is 24.1 Å². The molecular formula is C20H30N4O. The molecule has 1 aromatic heterocycles. The lowest BCUT2D eigenvalue weighted by Crippen LogP contribution is -2.39. The van der Waals surface area contributed by atoms with Crippen molar-refractivity contribution in [2.75, 3.05) is 19.6 Å². The molecule has 1 aliphatic rings. The Hall–Kier alpha value is -1.72. The quantitative estimate of drug-likeness (QED) is 0.928. The summed E-state index contributed by atoms with van der Waals surface area (Å²) in [6, 6.07) is 6.61. The second-order valence-corrected chi connectivity index (χ2v) is 7.36. The Morgan fingerprint density at radius 3 is 2.96 bits per heavy atom. The topological polar surface area (TPSA) is 50.2 Å². The highest BCUT2D eigenvalue weighted by Crippen LogP contribution is 2.26. The van der Waals surface area contributed by atoms with E-state index in [1.54, 1.807) is 4.57 Å². The van der Waals surface area contributed by atoms with Crippen LogP contribution in [0.1, 0.15) is 50.5 Å². The number of hydrogen-bond acceptors (Lipinski definition) is 4. The van der Waals surface area contributed by atoms with Gasteiger partial charge in [0.05, 0.1) is 16.9 Å². The molecule has 0 aliphatic carbocycles. The Morgan fingerprint density at radius 1 is 1.40 bits per heavy atom. The second kappa shape index (κ2) is 7.67. The Labute approximate surface area is 150 Å². The van der Waals surface area contributed by atoms with Crippen molar-refractivity contribution in [2.45, 2.75) is 52.1 Å². The van der Waals surface area contributed by atoms with E-state index >= 15 is 0 Å². The SMILES string of the molecule is CCC[C@H](c1nc2ccc(C)cc2c(=O)n1C)N1CCCN[C@H](C)C1. The Kier molecular flexibility index (Phi) is 5.54. The maximum Gasteiger partial charge on any atom is 0.261 e. The summed E-state index contributed by atoms with van der Waals surface area (Å²) in [4.78, 5) is 20.4.